The van der Waals surface area contributed by atoms with Crippen LogP contribution in [0.25, 0.3) is 0 Å². The van der Waals surface area contributed by atoms with Crippen molar-refractivity contribution in [2.75, 3.05) is 19.6 Å². The average Bonchev–Trinajstić information content (AvgIpc) is 2.41. The third-order valence-electron chi connectivity index (χ3n) is 3.52. The van der Waals surface area contributed by atoms with E-state index >= 15 is 0 Å². The summed E-state index contributed by atoms with van der Waals surface area (Å²) in [6.07, 6.45) is 0.138. The normalized spacial score (nSPS) is 15.3. The molecule has 1 saturated heterocycles. The van der Waals surface area contributed by atoms with Gasteiger partial charge in [0.15, 0.2) is 0 Å². The molecular weight excluding hydrogens is 344 g/mol. The standard InChI is InChI=1S/C14H17ClN2O5S/c15-11-4-1-3-10(7-11)14(20)17-8-12(9-17)23(21,22)16-6-2-5-13(18)19/h1,3-4,7,12,16H,2,5-6,8-9H2,(H,18,19). The summed E-state index contributed by atoms with van der Waals surface area (Å²) in [4.78, 5) is 24.0. The van der Waals surface area contributed by atoms with Gasteiger partial charge in [0, 0.05) is 36.6 Å². The van der Waals surface area contributed by atoms with Crippen molar-refractivity contribution >= 4 is 33.5 Å². The number of carboxylic acid groups (broad SMARTS) is 1. The fourth-order valence-corrected chi connectivity index (χ4v) is 3.78. The summed E-state index contributed by atoms with van der Waals surface area (Å²) in [5.74, 6) is -1.23. The van der Waals surface area contributed by atoms with Gasteiger partial charge in [0.25, 0.3) is 5.91 Å². The van der Waals surface area contributed by atoms with Crippen molar-refractivity contribution in [1.29, 1.82) is 0 Å². The number of hydrogen-bond acceptors (Lipinski definition) is 4. The van der Waals surface area contributed by atoms with Gasteiger partial charge in [-0.1, -0.05) is 17.7 Å². The zero-order valence-corrected chi connectivity index (χ0v) is 13.8. The first-order chi connectivity index (χ1) is 10.8. The molecule has 0 aromatic heterocycles. The minimum Gasteiger partial charge on any atom is -0.481 e. The number of benzene rings is 1. The Balaban J connectivity index is 1.83. The van der Waals surface area contributed by atoms with Crippen molar-refractivity contribution in [2.45, 2.75) is 18.1 Å². The van der Waals surface area contributed by atoms with Crippen LogP contribution in [0.3, 0.4) is 0 Å². The molecule has 23 heavy (non-hydrogen) atoms. The molecule has 1 fully saturated rings. The van der Waals surface area contributed by atoms with Gasteiger partial charge in [-0.2, -0.15) is 0 Å². The molecule has 2 rings (SSSR count). The average molecular weight is 361 g/mol. The van der Waals surface area contributed by atoms with Gasteiger partial charge in [-0.05, 0) is 24.6 Å². The summed E-state index contributed by atoms with van der Waals surface area (Å²) in [5.41, 5.74) is 0.419. The molecule has 1 aliphatic rings. The van der Waals surface area contributed by atoms with E-state index in [-0.39, 0.29) is 38.4 Å². The maximum atomic E-state index is 12.2. The van der Waals surface area contributed by atoms with Crippen LogP contribution < -0.4 is 4.72 Å². The molecule has 0 saturated carbocycles. The van der Waals surface area contributed by atoms with Crippen LogP contribution in [0.4, 0.5) is 0 Å². The van der Waals surface area contributed by atoms with Crippen molar-refractivity contribution in [1.82, 2.24) is 9.62 Å². The van der Waals surface area contributed by atoms with Crippen molar-refractivity contribution in [2.24, 2.45) is 0 Å². The smallest absolute Gasteiger partial charge is 0.303 e. The number of aliphatic carboxylic acids is 1. The van der Waals surface area contributed by atoms with E-state index in [9.17, 15) is 18.0 Å². The summed E-state index contributed by atoms with van der Waals surface area (Å²) >= 11 is 5.83. The number of carbonyl (C=O) groups is 2. The lowest BCUT2D eigenvalue weighted by atomic mass is 10.1. The molecule has 0 aliphatic carbocycles. The molecule has 7 nitrogen and oxygen atoms in total. The number of amides is 1. The van der Waals surface area contributed by atoms with Gasteiger partial charge in [0.05, 0.1) is 0 Å². The molecule has 0 radical (unpaired) electrons. The molecule has 0 atom stereocenters. The van der Waals surface area contributed by atoms with Gasteiger partial charge >= 0.3 is 5.97 Å². The van der Waals surface area contributed by atoms with Crippen LogP contribution >= 0.6 is 11.6 Å². The lowest BCUT2D eigenvalue weighted by Gasteiger charge is -2.38. The number of nitrogens with one attached hydrogen (secondary N) is 1. The van der Waals surface area contributed by atoms with Crippen LogP contribution in [0.2, 0.25) is 5.02 Å². The first-order valence-corrected chi connectivity index (χ1v) is 8.97. The molecule has 0 spiro atoms. The molecule has 1 aliphatic heterocycles. The van der Waals surface area contributed by atoms with Crippen LogP contribution in [0.15, 0.2) is 24.3 Å². The summed E-state index contributed by atoms with van der Waals surface area (Å²) in [7, 11) is -3.54. The molecular formula is C14H17ClN2O5S. The maximum Gasteiger partial charge on any atom is 0.303 e. The number of likely N-dealkylation sites (tertiary alicyclic amines) is 1. The number of carboxylic acids is 1. The number of sulfonamides is 1. The van der Waals surface area contributed by atoms with Crippen LogP contribution in [-0.2, 0) is 14.8 Å². The summed E-state index contributed by atoms with van der Waals surface area (Å²) < 4.78 is 26.4. The lowest BCUT2D eigenvalue weighted by molar-refractivity contribution is -0.137. The third-order valence-corrected chi connectivity index (χ3v) is 5.53. The summed E-state index contributed by atoms with van der Waals surface area (Å²) in [5, 5.41) is 8.28. The second kappa shape index (κ2) is 7.29. The highest BCUT2D eigenvalue weighted by Gasteiger charge is 2.39. The van der Waals surface area contributed by atoms with Crippen molar-refractivity contribution in [3.8, 4) is 0 Å². The van der Waals surface area contributed by atoms with E-state index in [2.05, 4.69) is 4.72 Å². The lowest BCUT2D eigenvalue weighted by Crippen LogP contribution is -2.59. The highest BCUT2D eigenvalue weighted by Crippen LogP contribution is 2.20. The Morgan fingerprint density at radius 1 is 1.35 bits per heavy atom. The van der Waals surface area contributed by atoms with E-state index in [0.29, 0.717) is 10.6 Å². The van der Waals surface area contributed by atoms with E-state index < -0.39 is 21.2 Å². The Kier molecular flexibility index (Phi) is 5.61. The second-order valence-electron chi connectivity index (χ2n) is 5.28. The fourth-order valence-electron chi connectivity index (χ4n) is 2.18. The SMILES string of the molecule is O=C(O)CCCNS(=O)(=O)C1CN(C(=O)c2cccc(Cl)c2)C1. The molecule has 1 aromatic rings. The monoisotopic (exact) mass is 360 g/mol. The van der Waals surface area contributed by atoms with Crippen LogP contribution in [-0.4, -0.2) is 55.2 Å². The Bertz CT molecular complexity index is 701. The zero-order chi connectivity index (χ0) is 17.0. The van der Waals surface area contributed by atoms with Gasteiger partial charge in [0.2, 0.25) is 10.0 Å². The molecule has 0 unspecified atom stereocenters. The van der Waals surface area contributed by atoms with Gasteiger partial charge in [0.1, 0.15) is 5.25 Å². The van der Waals surface area contributed by atoms with Gasteiger partial charge in [-0.3, -0.25) is 9.59 Å². The quantitative estimate of drug-likeness (QED) is 0.704. The van der Waals surface area contributed by atoms with E-state index in [1.807, 2.05) is 0 Å². The van der Waals surface area contributed by atoms with Crippen LogP contribution in [0, 0.1) is 0 Å². The first-order valence-electron chi connectivity index (χ1n) is 7.05. The minimum atomic E-state index is -3.54. The van der Waals surface area contributed by atoms with Crippen LogP contribution in [0.5, 0.6) is 0 Å². The van der Waals surface area contributed by atoms with E-state index in [1.165, 1.54) is 11.0 Å². The number of halogens is 1. The second-order valence-corrected chi connectivity index (χ2v) is 7.76. The highest BCUT2D eigenvalue weighted by molar-refractivity contribution is 7.90. The topological polar surface area (TPSA) is 104 Å². The molecule has 126 valence electrons. The Morgan fingerprint density at radius 3 is 2.65 bits per heavy atom. The predicted molar refractivity (Wildman–Crippen MR) is 84.9 cm³/mol. The predicted octanol–water partition coefficient (Wildman–Crippen LogP) is 0.949. The molecule has 1 heterocycles. The van der Waals surface area contributed by atoms with E-state index in [0.717, 1.165) is 0 Å². The molecule has 1 amide bonds. The molecule has 2 N–H and O–H groups in total. The molecule has 1 aromatic carbocycles. The highest BCUT2D eigenvalue weighted by atomic mass is 35.5. The Hall–Kier alpha value is -1.64. The Labute approximate surface area is 139 Å². The number of nitrogens with zero attached hydrogens (tertiary/aromatic N) is 1. The minimum absolute atomic E-state index is 0.0768. The van der Waals surface area contributed by atoms with Crippen molar-refractivity contribution in [3.05, 3.63) is 34.9 Å². The Morgan fingerprint density at radius 2 is 2.04 bits per heavy atom. The first kappa shape index (κ1) is 17.7. The molecule has 0 bridgehead atoms. The largest absolute Gasteiger partial charge is 0.481 e. The number of rotatable bonds is 7. The van der Waals surface area contributed by atoms with Crippen molar-refractivity contribution < 1.29 is 23.1 Å². The third kappa shape index (κ3) is 4.66. The zero-order valence-electron chi connectivity index (χ0n) is 12.2. The fraction of sp³-hybridized carbons (Fsp3) is 0.429. The van der Waals surface area contributed by atoms with Gasteiger partial charge < -0.3 is 10.0 Å². The summed E-state index contributed by atoms with van der Waals surface area (Å²) in [6, 6.07) is 6.48. The maximum absolute atomic E-state index is 12.2. The number of hydrogen-bond donors (Lipinski definition) is 2. The van der Waals surface area contributed by atoms with E-state index in [4.69, 9.17) is 16.7 Å². The summed E-state index contributed by atoms with van der Waals surface area (Å²) in [6.45, 7) is 0.298. The van der Waals surface area contributed by atoms with Gasteiger partial charge in [-0.25, -0.2) is 13.1 Å². The number of carbonyl (C=O) groups excluding carboxylic acids is 1. The van der Waals surface area contributed by atoms with Crippen molar-refractivity contribution in [3.63, 3.8) is 0 Å². The van der Waals surface area contributed by atoms with E-state index in [1.54, 1.807) is 18.2 Å². The molecule has 9 heteroatoms. The van der Waals surface area contributed by atoms with Crippen LogP contribution in [0.1, 0.15) is 23.2 Å². The van der Waals surface area contributed by atoms with Gasteiger partial charge in [-0.15, -0.1) is 0 Å².